The Morgan fingerprint density at radius 3 is 2.60 bits per heavy atom. The lowest BCUT2D eigenvalue weighted by atomic mass is 10.0. The van der Waals surface area contributed by atoms with Gasteiger partial charge in [-0.05, 0) is 37.8 Å². The summed E-state index contributed by atoms with van der Waals surface area (Å²) in [5, 5.41) is 13.6. The third-order valence-electron chi connectivity index (χ3n) is 3.28. The molecule has 0 aliphatic rings. The van der Waals surface area contributed by atoms with E-state index in [2.05, 4.69) is 25.0 Å². The zero-order valence-corrected chi connectivity index (χ0v) is 12.3. The lowest BCUT2D eigenvalue weighted by molar-refractivity contribution is 0.0695. The van der Waals surface area contributed by atoms with Crippen LogP contribution in [-0.2, 0) is 6.42 Å². The fourth-order valence-electron chi connectivity index (χ4n) is 2.39. The highest BCUT2D eigenvalue weighted by molar-refractivity contribution is 5.88. The number of hydrogen-bond acceptors (Lipinski definition) is 2. The number of nitrogens with zero attached hydrogens (tertiary/aromatic N) is 2. The summed E-state index contributed by atoms with van der Waals surface area (Å²) >= 11 is 0. The van der Waals surface area contributed by atoms with Crippen molar-refractivity contribution < 1.29 is 9.90 Å². The minimum Gasteiger partial charge on any atom is -0.478 e. The number of benzene rings is 1. The van der Waals surface area contributed by atoms with Crippen LogP contribution in [0.25, 0.3) is 5.69 Å². The number of carbonyl (C=O) groups is 1. The van der Waals surface area contributed by atoms with Crippen molar-refractivity contribution in [3.05, 3.63) is 46.8 Å². The second-order valence-corrected chi connectivity index (χ2v) is 5.61. The first-order valence-corrected chi connectivity index (χ1v) is 6.78. The molecule has 0 aliphatic heterocycles. The van der Waals surface area contributed by atoms with Crippen LogP contribution in [0.15, 0.2) is 24.4 Å². The van der Waals surface area contributed by atoms with Crippen LogP contribution in [0.2, 0.25) is 0 Å². The van der Waals surface area contributed by atoms with Gasteiger partial charge in [0.05, 0.1) is 17.6 Å². The molecule has 2 rings (SSSR count). The van der Waals surface area contributed by atoms with Gasteiger partial charge in [-0.1, -0.05) is 31.5 Å². The summed E-state index contributed by atoms with van der Waals surface area (Å²) in [6, 6.07) is 6.09. The zero-order chi connectivity index (χ0) is 14.9. The number of aromatic carboxylic acids is 1. The standard InChI is InChI=1S/C16H20N2O2/c1-10(2)7-15-13(16(19)20)9-17-18(15)14-6-5-11(3)8-12(14)4/h5-6,8-10H,7H2,1-4H3,(H,19,20). The predicted molar refractivity (Wildman–Crippen MR) is 78.5 cm³/mol. The lowest BCUT2D eigenvalue weighted by Crippen LogP contribution is -2.10. The molecule has 1 aromatic carbocycles. The van der Waals surface area contributed by atoms with E-state index in [0.29, 0.717) is 17.9 Å². The molecule has 0 bridgehead atoms. The van der Waals surface area contributed by atoms with Crippen LogP contribution in [-0.4, -0.2) is 20.9 Å². The van der Waals surface area contributed by atoms with Gasteiger partial charge < -0.3 is 5.11 Å². The van der Waals surface area contributed by atoms with Crippen molar-refractivity contribution in [3.8, 4) is 5.69 Å². The van der Waals surface area contributed by atoms with Gasteiger partial charge in [-0.2, -0.15) is 5.10 Å². The normalized spacial score (nSPS) is 11.1. The van der Waals surface area contributed by atoms with Gasteiger partial charge in [0, 0.05) is 0 Å². The van der Waals surface area contributed by atoms with E-state index in [-0.39, 0.29) is 0 Å². The van der Waals surface area contributed by atoms with Gasteiger partial charge in [0.15, 0.2) is 0 Å². The second-order valence-electron chi connectivity index (χ2n) is 5.61. The summed E-state index contributed by atoms with van der Waals surface area (Å²) in [4.78, 5) is 11.3. The highest BCUT2D eigenvalue weighted by Crippen LogP contribution is 2.21. The topological polar surface area (TPSA) is 55.1 Å². The zero-order valence-electron chi connectivity index (χ0n) is 12.3. The van der Waals surface area contributed by atoms with Crippen molar-refractivity contribution in [1.82, 2.24) is 9.78 Å². The molecule has 20 heavy (non-hydrogen) atoms. The van der Waals surface area contributed by atoms with Crippen molar-refractivity contribution in [3.63, 3.8) is 0 Å². The van der Waals surface area contributed by atoms with E-state index in [1.54, 1.807) is 4.68 Å². The van der Waals surface area contributed by atoms with Crippen LogP contribution in [0.4, 0.5) is 0 Å². The number of aryl methyl sites for hydroxylation is 2. The maximum absolute atomic E-state index is 11.3. The quantitative estimate of drug-likeness (QED) is 0.928. The molecule has 2 aromatic rings. The number of hydrogen-bond donors (Lipinski definition) is 1. The summed E-state index contributed by atoms with van der Waals surface area (Å²) < 4.78 is 1.76. The monoisotopic (exact) mass is 272 g/mol. The molecule has 0 saturated heterocycles. The Kier molecular flexibility index (Phi) is 3.93. The first-order chi connectivity index (χ1) is 9.40. The van der Waals surface area contributed by atoms with Gasteiger partial charge in [-0.15, -0.1) is 0 Å². The maximum atomic E-state index is 11.3. The first-order valence-electron chi connectivity index (χ1n) is 6.78. The SMILES string of the molecule is Cc1ccc(-n2ncc(C(=O)O)c2CC(C)C)c(C)c1. The molecule has 0 aliphatic carbocycles. The molecule has 0 amide bonds. The minimum absolute atomic E-state index is 0.290. The van der Waals surface area contributed by atoms with E-state index in [4.69, 9.17) is 0 Å². The Hall–Kier alpha value is -2.10. The van der Waals surface area contributed by atoms with Crippen molar-refractivity contribution >= 4 is 5.97 Å². The highest BCUT2D eigenvalue weighted by atomic mass is 16.4. The molecule has 1 aromatic heterocycles. The third kappa shape index (κ3) is 2.74. The molecule has 106 valence electrons. The van der Waals surface area contributed by atoms with Crippen molar-refractivity contribution in [2.24, 2.45) is 5.92 Å². The molecule has 4 heteroatoms. The van der Waals surface area contributed by atoms with Crippen LogP contribution in [0.1, 0.15) is 41.0 Å². The number of carboxylic acid groups (broad SMARTS) is 1. The number of rotatable bonds is 4. The molecule has 4 nitrogen and oxygen atoms in total. The molecule has 1 heterocycles. The fourth-order valence-corrected chi connectivity index (χ4v) is 2.39. The van der Waals surface area contributed by atoms with Crippen LogP contribution in [0, 0.1) is 19.8 Å². The molecule has 0 unspecified atom stereocenters. The Morgan fingerprint density at radius 1 is 1.35 bits per heavy atom. The van der Waals surface area contributed by atoms with Crippen molar-refractivity contribution in [1.29, 1.82) is 0 Å². The van der Waals surface area contributed by atoms with Gasteiger partial charge in [-0.25, -0.2) is 9.48 Å². The van der Waals surface area contributed by atoms with Gasteiger partial charge in [-0.3, -0.25) is 0 Å². The largest absolute Gasteiger partial charge is 0.478 e. The average molecular weight is 272 g/mol. The van der Waals surface area contributed by atoms with E-state index in [1.807, 2.05) is 26.0 Å². The van der Waals surface area contributed by atoms with Crippen LogP contribution >= 0.6 is 0 Å². The lowest BCUT2D eigenvalue weighted by Gasteiger charge is -2.13. The summed E-state index contributed by atoms with van der Waals surface area (Å²) in [6.45, 7) is 8.21. The Bertz CT molecular complexity index is 642. The Balaban J connectivity index is 2.58. The second kappa shape index (κ2) is 5.49. The van der Waals surface area contributed by atoms with E-state index >= 15 is 0 Å². The molecular formula is C16H20N2O2. The summed E-state index contributed by atoms with van der Waals surface area (Å²) in [6.07, 6.45) is 2.13. The molecule has 1 N–H and O–H groups in total. The molecule has 0 spiro atoms. The molecule has 0 radical (unpaired) electrons. The molecular weight excluding hydrogens is 252 g/mol. The van der Waals surface area contributed by atoms with E-state index in [9.17, 15) is 9.90 Å². The third-order valence-corrected chi connectivity index (χ3v) is 3.28. The van der Waals surface area contributed by atoms with Crippen LogP contribution in [0.5, 0.6) is 0 Å². The average Bonchev–Trinajstić information content (AvgIpc) is 2.72. The predicted octanol–water partition coefficient (Wildman–Crippen LogP) is 3.39. The minimum atomic E-state index is -0.920. The highest BCUT2D eigenvalue weighted by Gasteiger charge is 2.19. The van der Waals surface area contributed by atoms with Gasteiger partial charge in [0.25, 0.3) is 0 Å². The van der Waals surface area contributed by atoms with Gasteiger partial charge in [0.1, 0.15) is 5.56 Å². The van der Waals surface area contributed by atoms with Crippen LogP contribution in [0.3, 0.4) is 0 Å². The maximum Gasteiger partial charge on any atom is 0.339 e. The Morgan fingerprint density at radius 2 is 2.05 bits per heavy atom. The summed E-state index contributed by atoms with van der Waals surface area (Å²) in [5.41, 5.74) is 4.27. The molecule has 0 fully saturated rings. The van der Waals surface area contributed by atoms with Gasteiger partial charge >= 0.3 is 5.97 Å². The van der Waals surface area contributed by atoms with Gasteiger partial charge in [0.2, 0.25) is 0 Å². The Labute approximate surface area is 119 Å². The molecule has 0 saturated carbocycles. The van der Waals surface area contributed by atoms with E-state index in [0.717, 1.165) is 16.9 Å². The fraction of sp³-hybridized carbons (Fsp3) is 0.375. The van der Waals surface area contributed by atoms with Crippen LogP contribution < -0.4 is 0 Å². The van der Waals surface area contributed by atoms with E-state index in [1.165, 1.54) is 11.8 Å². The molecule has 0 atom stereocenters. The van der Waals surface area contributed by atoms with Crippen molar-refractivity contribution in [2.45, 2.75) is 34.1 Å². The number of carboxylic acids is 1. The smallest absolute Gasteiger partial charge is 0.339 e. The van der Waals surface area contributed by atoms with Crippen molar-refractivity contribution in [2.75, 3.05) is 0 Å². The summed E-state index contributed by atoms with van der Waals surface area (Å²) in [5.74, 6) is -0.550. The summed E-state index contributed by atoms with van der Waals surface area (Å²) in [7, 11) is 0. The number of aromatic nitrogens is 2. The van der Waals surface area contributed by atoms with E-state index < -0.39 is 5.97 Å². The first kappa shape index (κ1) is 14.3.